The molecule has 0 aromatic rings. The summed E-state index contributed by atoms with van der Waals surface area (Å²) in [6, 6.07) is 0. The maximum Gasteiger partial charge on any atom is 0 e. The number of rotatable bonds is 0. The van der Waals surface area contributed by atoms with Gasteiger partial charge in [0.05, 0.1) is 0 Å². The van der Waals surface area contributed by atoms with Gasteiger partial charge in [-0.3, -0.25) is 0 Å². The number of hydrogen-bond donors (Lipinski definition) is 0. The Kier molecular flexibility index (Phi) is 927. The van der Waals surface area contributed by atoms with Crippen molar-refractivity contribution in [1.82, 2.24) is 0 Å². The minimum atomic E-state index is 0. The summed E-state index contributed by atoms with van der Waals surface area (Å²) in [5.41, 5.74) is 0. The van der Waals surface area contributed by atoms with E-state index in [9.17, 15) is 0 Å². The van der Waals surface area contributed by atoms with Gasteiger partial charge in [0.25, 0.3) is 0 Å². The Labute approximate surface area is 85.4 Å². The standard InChI is InChI=1S/2Na.3H2O.Si/h;;3*1H2;. The van der Waals surface area contributed by atoms with Gasteiger partial charge in [0.15, 0.2) is 0 Å². The molecule has 0 bridgehead atoms. The largest absolute Gasteiger partial charge is 0.412 e. The Balaban J connectivity index is 0. The van der Waals surface area contributed by atoms with E-state index in [4.69, 9.17) is 0 Å². The van der Waals surface area contributed by atoms with Crippen LogP contribution in [0.15, 0.2) is 0 Å². The smallest absolute Gasteiger partial charge is 0 e. The van der Waals surface area contributed by atoms with Crippen LogP contribution in [0.5, 0.6) is 0 Å². The molecule has 0 fully saturated rings. The first-order valence-corrected chi connectivity index (χ1v) is 0. The predicted octanol–water partition coefficient (Wildman–Crippen LogP) is -3.62. The van der Waals surface area contributed by atoms with Crippen molar-refractivity contribution in [3.8, 4) is 0 Å². The summed E-state index contributed by atoms with van der Waals surface area (Å²) < 4.78 is 0. The summed E-state index contributed by atoms with van der Waals surface area (Å²) in [5, 5.41) is 0. The third-order valence-electron chi connectivity index (χ3n) is 0. The molecule has 6 N–H and O–H groups in total. The quantitative estimate of drug-likeness (QED) is 0.301. The van der Waals surface area contributed by atoms with Crippen molar-refractivity contribution in [1.29, 1.82) is 0 Å². The Morgan fingerprint density at radius 1 is 0.500 bits per heavy atom. The van der Waals surface area contributed by atoms with Gasteiger partial charge < -0.3 is 16.4 Å². The van der Waals surface area contributed by atoms with Crippen LogP contribution in [0.2, 0.25) is 0 Å². The van der Waals surface area contributed by atoms with Crippen molar-refractivity contribution in [2.24, 2.45) is 0 Å². The molecular formula is H6Na2O3Si. The fourth-order valence-corrected chi connectivity index (χ4v) is 0. The van der Waals surface area contributed by atoms with E-state index in [1.165, 1.54) is 0 Å². The molecule has 0 aromatic carbocycles. The van der Waals surface area contributed by atoms with E-state index in [2.05, 4.69) is 0 Å². The normalized spacial score (nSPS) is 0. The van der Waals surface area contributed by atoms with Crippen LogP contribution in [0.4, 0.5) is 0 Å². The van der Waals surface area contributed by atoms with Crippen molar-refractivity contribution in [3.63, 3.8) is 0 Å². The van der Waals surface area contributed by atoms with Crippen LogP contribution in [0, 0.1) is 0 Å². The second kappa shape index (κ2) is 60.0. The molecule has 0 aliphatic carbocycles. The summed E-state index contributed by atoms with van der Waals surface area (Å²) in [4.78, 5) is 0. The van der Waals surface area contributed by atoms with Gasteiger partial charge in [-0.05, 0) is 0 Å². The second-order valence-corrected chi connectivity index (χ2v) is 0. The Bertz CT molecular complexity index is 8.75. The van der Waals surface area contributed by atoms with Crippen molar-refractivity contribution in [2.45, 2.75) is 0 Å². The van der Waals surface area contributed by atoms with Gasteiger partial charge in [-0.15, -0.1) is 0 Å². The Morgan fingerprint density at radius 2 is 0.500 bits per heavy atom. The summed E-state index contributed by atoms with van der Waals surface area (Å²) in [6.45, 7) is 0. The molecule has 0 aliphatic rings. The second-order valence-electron chi connectivity index (χ2n) is 0. The summed E-state index contributed by atoms with van der Waals surface area (Å²) in [5.74, 6) is 0. The van der Waals surface area contributed by atoms with Crippen LogP contribution in [0.1, 0.15) is 0 Å². The molecule has 0 aliphatic heterocycles. The van der Waals surface area contributed by atoms with Gasteiger partial charge in [-0.2, -0.15) is 0 Å². The van der Waals surface area contributed by atoms with E-state index in [0.29, 0.717) is 0 Å². The van der Waals surface area contributed by atoms with E-state index in [1.807, 2.05) is 0 Å². The molecule has 3 nitrogen and oxygen atoms in total. The van der Waals surface area contributed by atoms with Crippen molar-refractivity contribution in [2.75, 3.05) is 0 Å². The third-order valence-corrected chi connectivity index (χ3v) is 0. The molecule has 0 unspecified atom stereocenters. The van der Waals surface area contributed by atoms with Crippen molar-refractivity contribution in [3.05, 3.63) is 0 Å². The van der Waals surface area contributed by atoms with E-state index in [-0.39, 0.29) is 86.5 Å². The molecule has 0 rings (SSSR count). The molecule has 0 heterocycles. The van der Waals surface area contributed by atoms with E-state index in [0.717, 1.165) is 0 Å². The van der Waals surface area contributed by atoms with Gasteiger partial charge in [-0.1, -0.05) is 0 Å². The van der Waals surface area contributed by atoms with Crippen LogP contribution in [0.3, 0.4) is 0 Å². The SMILES string of the molecule is O.O.O.[Na].[Na].[Si]. The molecule has 0 saturated carbocycles. The molecule has 30 valence electrons. The van der Waals surface area contributed by atoms with E-state index < -0.39 is 0 Å². The molecule has 6 radical (unpaired) electrons. The van der Waals surface area contributed by atoms with E-state index >= 15 is 0 Å². The maximum atomic E-state index is 0. The fourth-order valence-electron chi connectivity index (χ4n) is 0. The average Bonchev–Trinajstić information content (AvgIpc) is 0. The summed E-state index contributed by atoms with van der Waals surface area (Å²) >= 11 is 0. The number of hydrogen-bond acceptors (Lipinski definition) is 0. The Morgan fingerprint density at radius 3 is 0.500 bits per heavy atom. The first kappa shape index (κ1) is 92.7. The van der Waals surface area contributed by atoms with Crippen LogP contribution in [-0.2, 0) is 0 Å². The maximum absolute atomic E-state index is 0. The summed E-state index contributed by atoms with van der Waals surface area (Å²) in [6.07, 6.45) is 0. The molecule has 0 amide bonds. The van der Waals surface area contributed by atoms with Gasteiger partial charge in [0.1, 0.15) is 0 Å². The molecule has 0 atom stereocenters. The third kappa shape index (κ3) is 36.0. The minimum absolute atomic E-state index is 0. The van der Waals surface area contributed by atoms with Gasteiger partial charge in [0.2, 0.25) is 0 Å². The monoisotopic (exact) mass is 128 g/mol. The van der Waals surface area contributed by atoms with Gasteiger partial charge >= 0.3 is 0 Å². The van der Waals surface area contributed by atoms with Crippen molar-refractivity contribution >= 4 is 70.1 Å². The molecule has 0 aromatic heterocycles. The fraction of sp³-hybridized carbons (Fsp3) is 0. The van der Waals surface area contributed by atoms with Crippen LogP contribution < -0.4 is 0 Å². The molecule has 0 saturated heterocycles. The molecular weight excluding hydrogens is 122 g/mol. The van der Waals surface area contributed by atoms with Crippen LogP contribution in [0.25, 0.3) is 0 Å². The van der Waals surface area contributed by atoms with Gasteiger partial charge in [-0.25, -0.2) is 0 Å². The molecule has 6 heavy (non-hydrogen) atoms. The average molecular weight is 128 g/mol. The molecule has 6 heteroatoms. The first-order valence-electron chi connectivity index (χ1n) is 0. The van der Waals surface area contributed by atoms with E-state index in [1.54, 1.807) is 0 Å². The van der Waals surface area contributed by atoms with Crippen LogP contribution in [-0.4, -0.2) is 86.5 Å². The predicted molar refractivity (Wildman–Crippen MR) is 28.1 cm³/mol. The zero-order valence-electron chi connectivity index (χ0n) is 4.00. The van der Waals surface area contributed by atoms with Crippen molar-refractivity contribution < 1.29 is 16.4 Å². The topological polar surface area (TPSA) is 94.5 Å². The Hall–Kier alpha value is 2.10. The minimum Gasteiger partial charge on any atom is -0.412 e. The molecule has 0 spiro atoms. The van der Waals surface area contributed by atoms with Crippen LogP contribution >= 0.6 is 0 Å². The first-order chi connectivity index (χ1) is 0. The zero-order chi connectivity index (χ0) is 0. The summed E-state index contributed by atoms with van der Waals surface area (Å²) in [7, 11) is 0. The van der Waals surface area contributed by atoms with Gasteiger partial charge in [0, 0.05) is 70.1 Å². The zero-order valence-corrected chi connectivity index (χ0v) is 9.00.